The Morgan fingerprint density at radius 1 is 0.316 bits per heavy atom. The highest BCUT2D eigenvalue weighted by Gasteiger charge is 3.84. The Balaban J connectivity index is 0.00000127. The summed E-state index contributed by atoms with van der Waals surface area (Å²) >= 11 is 0. The lowest BCUT2D eigenvalue weighted by Gasteiger charge is -3.79. The minimum Gasteiger partial charge on any atom is -0.0656 e. The molecule has 63 aliphatic carbocycles. The molecule has 0 aromatic heterocycles. The number of rotatable bonds is 2. The highest BCUT2D eigenvalue weighted by Crippen LogP contribution is 3.87. The summed E-state index contributed by atoms with van der Waals surface area (Å²) in [5.74, 6) is 38.1. The van der Waals surface area contributed by atoms with Crippen LogP contribution in [0.25, 0.3) is 0 Å². The van der Waals surface area contributed by atoms with Crippen molar-refractivity contribution in [1.82, 2.24) is 0 Å². The summed E-state index contributed by atoms with van der Waals surface area (Å²) in [5.41, 5.74) is 52.3. The summed E-state index contributed by atoms with van der Waals surface area (Å²) in [6.45, 7) is 17.9. The van der Waals surface area contributed by atoms with E-state index in [1.165, 1.54) is 166 Å². The summed E-state index contributed by atoms with van der Waals surface area (Å²) < 4.78 is 0. The SMILES string of the molecule is CCC.CCCC1C2CC3CC45C(C)CCC67C89C%10%11C(CC%12C%13C%14C%15C%16C%17C%18CC%19C%20C%21C%22C%23C%24C%25C%26CC%27C%28C%29C%30C%31C1C21C2(C)C3%32C3(C)C46C46C3%33C%323C2%32C%311C%301C%292C%28%29C%27%26C%25%26C%24%25C%23%24C%22%23C%21%22C%20%21C%18%19C%17%18C%16%17C%15%16C%14(C%138C%12%10)C98C74C47C%168C%178C%18%21C%229C%23%10C%24%12C%25%13C%29%26C2%14C1%32C31C%14%13C%122C%331C64C%102C897)CC5%11. The Bertz CT molecular complexity index is 6810. The van der Waals surface area contributed by atoms with E-state index in [-0.39, 0.29) is 0 Å². The average molecular weight is 1210 g/mol. The van der Waals surface area contributed by atoms with E-state index >= 15 is 0 Å². The average Bonchev–Trinajstić information content (AvgIpc) is 0.496. The van der Waals surface area contributed by atoms with E-state index in [1.54, 1.807) is 12.8 Å². The van der Waals surface area contributed by atoms with Crippen LogP contribution in [0.15, 0.2) is 0 Å². The predicted molar refractivity (Wildman–Crippen MR) is 311 cm³/mol. The molecule has 2 bridgehead atoms. The summed E-state index contributed by atoms with van der Waals surface area (Å²) in [4.78, 5) is 0. The standard InChI is InChI=1S/C92H60.C3H8/c1-5-6-18-20-10-17-14-45-15(2)7-8-46-67(45)44(4)52(17)43(3)50(20)26(18)32-38-34-28-21-12-23-30-37-40-41-36-31-24-13-22-29-35-39-33-27-19-9-16-11-25(45)47(16)42(19)51(27)58(33)64(39)60(35)54(29)49(22,24)56(31)61(36)66(41)65(40)62(37)55(30)48(21,23)53(28)59(34)63(38)57(32,50)68(43)74(52)69(44)84(67)71(46)75(58,70(46,47)51)81(64)78(60)73(54,56)79(61)83(66)82(65)80(62)72(53,55)77(59)76(63,68)87(74)85(69)90(82,89(77,80)87)91(83)88(78,79)86(71,81)92(84,85)91;1-3-2/h15-42H,5-14H2,1-4H3;3H2,1-2H3. The molecule has 0 nitrogen and oxygen atoms in total. The number of hydrogen-bond acceptors (Lipinski definition) is 0. The molecular formula is C95H68. The van der Waals surface area contributed by atoms with Crippen molar-refractivity contribution < 1.29 is 0 Å². The van der Waals surface area contributed by atoms with Crippen molar-refractivity contribution in [3.8, 4) is 0 Å². The van der Waals surface area contributed by atoms with E-state index in [1.807, 2.05) is 51.4 Å². The van der Waals surface area contributed by atoms with E-state index in [2.05, 4.69) is 41.5 Å². The van der Waals surface area contributed by atoms with Crippen molar-refractivity contribution >= 4 is 0 Å². The molecule has 0 radical (unpaired) electrons. The Kier molecular flexibility index (Phi) is 1.89. The van der Waals surface area contributed by atoms with Crippen LogP contribution in [-0.4, -0.2) is 0 Å². The molecule has 63 rings (SSSR count). The first kappa shape index (κ1) is 34.5. The van der Waals surface area contributed by atoms with Crippen LogP contribution in [0.4, 0.5) is 0 Å². The molecule has 0 aromatic rings. The van der Waals surface area contributed by atoms with Crippen molar-refractivity contribution in [3.63, 3.8) is 0 Å². The minimum absolute atomic E-state index is 0.827. The van der Waals surface area contributed by atoms with Crippen LogP contribution in [0.5, 0.6) is 0 Å². The quantitative estimate of drug-likeness (QED) is 0.259. The smallest absolute Gasteiger partial charge is 0.00000400 e. The summed E-state index contributed by atoms with van der Waals surface area (Å²) in [5, 5.41) is 0. The van der Waals surface area contributed by atoms with Crippen molar-refractivity contribution in [3.05, 3.63) is 43.3 Å². The third-order valence-corrected chi connectivity index (χ3v) is 79.4. The zero-order chi connectivity index (χ0) is 54.9. The topological polar surface area (TPSA) is 0 Å². The predicted octanol–water partition coefficient (Wildman–Crippen LogP) is 11.5. The highest BCUT2D eigenvalue weighted by atomic mass is 15.9. The van der Waals surface area contributed by atoms with Crippen LogP contribution in [-0.2, 0) is 0 Å². The van der Waals surface area contributed by atoms with E-state index in [4.69, 9.17) is 0 Å². The van der Waals surface area contributed by atoms with E-state index in [0.29, 0.717) is 0 Å². The van der Waals surface area contributed by atoms with E-state index < -0.39 is 0 Å². The minimum atomic E-state index is 0.827. The van der Waals surface area contributed by atoms with Crippen LogP contribution in [0.2, 0.25) is 0 Å². The summed E-state index contributed by atoms with van der Waals surface area (Å²) in [6, 6.07) is 0. The van der Waals surface area contributed by atoms with E-state index in [9.17, 15) is 0 Å². The maximum Gasteiger partial charge on any atom is -0.00000400 e. The first-order valence-electron chi connectivity index (χ1n) is 46.8. The lowest BCUT2D eigenvalue weighted by Crippen LogP contribution is -3.76. The van der Waals surface area contributed by atoms with Gasteiger partial charge in [-0.3, -0.25) is 0 Å². The Morgan fingerprint density at radius 3 is 1.33 bits per heavy atom. The first-order chi connectivity index (χ1) is 46.8. The fraction of sp³-hybridized carbons (Fsp3) is 1.00. The van der Waals surface area contributed by atoms with E-state index in [0.717, 1.165) is 277 Å². The maximum absolute atomic E-state index is 3.84. The molecular weight excluding hydrogens is 1140 g/mol. The molecule has 0 heterocycles. The van der Waals surface area contributed by atoms with Crippen molar-refractivity contribution in [1.29, 1.82) is 0 Å². The molecule has 0 N–H and O–H groups in total. The molecule has 0 heteroatoms. The second kappa shape index (κ2) is 5.21. The zero-order valence-corrected chi connectivity index (χ0v) is 54.9. The van der Waals surface area contributed by atoms with Gasteiger partial charge in [-0.2, -0.15) is 0 Å². The number of hydrogen-bond donors (Lipinski definition) is 0. The van der Waals surface area contributed by atoms with Crippen LogP contribution in [0.1, 0.15) is 112 Å². The molecule has 78 atom stereocenters. The summed E-state index contributed by atoms with van der Waals surface area (Å²) in [6.07, 6.45) is 20.0. The van der Waals surface area contributed by atoms with Crippen molar-refractivity contribution in [2.45, 2.75) is 112 Å². The molecule has 63 aliphatic rings. The molecule has 0 aliphatic heterocycles. The molecule has 0 amide bonds. The zero-order valence-electron chi connectivity index (χ0n) is 54.9. The van der Waals surface area contributed by atoms with Gasteiger partial charge in [-0.25, -0.2) is 0 Å². The molecule has 95 heavy (non-hydrogen) atoms. The van der Waals surface area contributed by atoms with Gasteiger partial charge < -0.3 is 0 Å². The lowest BCUT2D eigenvalue weighted by molar-refractivity contribution is -1.21. The third-order valence-electron chi connectivity index (χ3n) is 79.4. The number of fused-ring (bicyclic) bond motifs is 18. The van der Waals surface area contributed by atoms with Crippen LogP contribution >= 0.6 is 0 Å². The summed E-state index contributed by atoms with van der Waals surface area (Å²) in [7, 11) is 0. The third kappa shape index (κ3) is 0.733. The molecule has 63 saturated carbocycles. The fourth-order valence-corrected chi connectivity index (χ4v) is 104. The largest absolute Gasteiger partial charge is 0.0656 e. The molecule has 63 fully saturated rings. The van der Waals surface area contributed by atoms with Gasteiger partial charge in [0.15, 0.2) is 0 Å². The molecule has 78 unspecified atom stereocenters. The second-order valence-corrected chi connectivity index (χ2v) is 59.7. The van der Waals surface area contributed by atoms with Gasteiger partial charge >= 0.3 is 0 Å². The molecule has 448 valence electrons. The van der Waals surface area contributed by atoms with Gasteiger partial charge in [-0.15, -0.1) is 0 Å². The van der Waals surface area contributed by atoms with Crippen molar-refractivity contribution in [2.75, 3.05) is 0 Å². The van der Waals surface area contributed by atoms with Gasteiger partial charge in [0.05, 0.1) is 0 Å². The molecule has 0 saturated heterocycles. The normalized spacial score (nSPS) is 135. The lowest BCUT2D eigenvalue weighted by atomic mass is 8.23. The van der Waals surface area contributed by atoms with Crippen molar-refractivity contribution in [2.24, 2.45) is 393 Å². The Hall–Kier alpha value is 0. The Morgan fingerprint density at radius 2 is 0.747 bits per heavy atom. The van der Waals surface area contributed by atoms with Gasteiger partial charge in [-0.05, 0) is 488 Å². The second-order valence-electron chi connectivity index (χ2n) is 59.7. The first-order valence-corrected chi connectivity index (χ1v) is 46.8. The highest BCUT2D eigenvalue weighted by molar-refractivity contribution is 6.61. The van der Waals surface area contributed by atoms with Crippen LogP contribution < -0.4 is 0 Å². The van der Waals surface area contributed by atoms with Gasteiger partial charge in [0, 0.05) is 0 Å². The molecule has 47 spiro atoms. The van der Waals surface area contributed by atoms with Crippen LogP contribution in [0, 0.1) is 436 Å². The monoisotopic (exact) mass is 1210 g/mol. The maximum atomic E-state index is 3.84. The van der Waals surface area contributed by atoms with Gasteiger partial charge in [0.25, 0.3) is 0 Å². The van der Waals surface area contributed by atoms with Gasteiger partial charge in [0.1, 0.15) is 0 Å². The fourth-order valence-electron chi connectivity index (χ4n) is 104. The van der Waals surface area contributed by atoms with Crippen LogP contribution in [0.3, 0.4) is 0 Å². The van der Waals surface area contributed by atoms with Gasteiger partial charge in [0.2, 0.25) is 0 Å². The van der Waals surface area contributed by atoms with Gasteiger partial charge in [-0.1, -0.05) is 60.8 Å². The Labute approximate surface area is 545 Å². The molecule has 0 aromatic carbocycles.